The summed E-state index contributed by atoms with van der Waals surface area (Å²) in [4.78, 5) is 5.70. The SMILES string of the molecule is Brc1ccc(SCc2noc(C3CCCCN3)n2)cc1. The Morgan fingerprint density at radius 3 is 2.90 bits per heavy atom. The van der Waals surface area contributed by atoms with Crippen molar-refractivity contribution in [3.63, 3.8) is 0 Å². The minimum absolute atomic E-state index is 0.239. The van der Waals surface area contributed by atoms with Crippen molar-refractivity contribution in [2.45, 2.75) is 36.0 Å². The second-order valence-electron chi connectivity index (χ2n) is 4.79. The molecule has 1 fully saturated rings. The minimum atomic E-state index is 0.239. The summed E-state index contributed by atoms with van der Waals surface area (Å²) in [5.41, 5.74) is 0. The van der Waals surface area contributed by atoms with E-state index < -0.39 is 0 Å². The van der Waals surface area contributed by atoms with Crippen LogP contribution in [0.2, 0.25) is 0 Å². The fraction of sp³-hybridized carbons (Fsp3) is 0.429. The van der Waals surface area contributed by atoms with E-state index in [1.54, 1.807) is 11.8 Å². The number of hydrogen-bond acceptors (Lipinski definition) is 5. The lowest BCUT2D eigenvalue weighted by Crippen LogP contribution is -2.26. The fourth-order valence-corrected chi connectivity index (χ4v) is 3.21. The summed E-state index contributed by atoms with van der Waals surface area (Å²) in [7, 11) is 0. The number of rotatable bonds is 4. The van der Waals surface area contributed by atoms with Gasteiger partial charge in [0.25, 0.3) is 0 Å². The van der Waals surface area contributed by atoms with Crippen LogP contribution < -0.4 is 5.32 Å². The van der Waals surface area contributed by atoms with Gasteiger partial charge >= 0.3 is 0 Å². The molecule has 1 aliphatic heterocycles. The smallest absolute Gasteiger partial charge is 0.243 e. The lowest BCUT2D eigenvalue weighted by Gasteiger charge is -2.19. The highest BCUT2D eigenvalue weighted by molar-refractivity contribution is 9.10. The molecule has 2 aromatic rings. The van der Waals surface area contributed by atoms with Crippen LogP contribution in [0.1, 0.15) is 37.0 Å². The van der Waals surface area contributed by atoms with E-state index in [1.165, 1.54) is 17.7 Å². The highest BCUT2D eigenvalue weighted by Crippen LogP contribution is 2.25. The number of piperidine rings is 1. The van der Waals surface area contributed by atoms with Gasteiger partial charge in [0.05, 0.1) is 11.8 Å². The number of benzene rings is 1. The zero-order valence-corrected chi connectivity index (χ0v) is 13.4. The third kappa shape index (κ3) is 3.62. The topological polar surface area (TPSA) is 51.0 Å². The van der Waals surface area contributed by atoms with Crippen LogP contribution in [0.15, 0.2) is 38.2 Å². The average molecular weight is 354 g/mol. The highest BCUT2D eigenvalue weighted by atomic mass is 79.9. The molecule has 106 valence electrons. The van der Waals surface area contributed by atoms with Gasteiger partial charge in [-0.1, -0.05) is 27.5 Å². The summed E-state index contributed by atoms with van der Waals surface area (Å²) < 4.78 is 6.46. The Bertz CT molecular complexity index is 552. The number of nitrogens with one attached hydrogen (secondary N) is 1. The van der Waals surface area contributed by atoms with Crippen LogP contribution in [0.25, 0.3) is 0 Å². The third-order valence-electron chi connectivity index (χ3n) is 3.27. The molecular formula is C14H16BrN3OS. The summed E-state index contributed by atoms with van der Waals surface area (Å²) >= 11 is 5.15. The molecule has 20 heavy (non-hydrogen) atoms. The Balaban J connectivity index is 1.58. The van der Waals surface area contributed by atoms with Crippen molar-refractivity contribution in [2.24, 2.45) is 0 Å². The van der Waals surface area contributed by atoms with Crippen molar-refractivity contribution >= 4 is 27.7 Å². The Kier molecular flexibility index (Phi) is 4.75. The summed E-state index contributed by atoms with van der Waals surface area (Å²) in [6, 6.07) is 8.48. The predicted molar refractivity (Wildman–Crippen MR) is 82.6 cm³/mol. The number of halogens is 1. The number of thioether (sulfide) groups is 1. The van der Waals surface area contributed by atoms with Crippen molar-refractivity contribution in [3.05, 3.63) is 40.5 Å². The highest BCUT2D eigenvalue weighted by Gasteiger charge is 2.20. The fourth-order valence-electron chi connectivity index (χ4n) is 2.21. The molecule has 1 saturated heterocycles. The molecule has 0 saturated carbocycles. The van der Waals surface area contributed by atoms with Crippen LogP contribution in [0.3, 0.4) is 0 Å². The first-order valence-corrected chi connectivity index (χ1v) is 8.53. The van der Waals surface area contributed by atoms with E-state index in [2.05, 4.69) is 43.5 Å². The molecular weight excluding hydrogens is 338 g/mol. The Labute approximate surface area is 130 Å². The molecule has 0 aliphatic carbocycles. The van der Waals surface area contributed by atoms with Crippen molar-refractivity contribution in [1.29, 1.82) is 0 Å². The molecule has 4 nitrogen and oxygen atoms in total. The lowest BCUT2D eigenvalue weighted by molar-refractivity contribution is 0.296. The first-order chi connectivity index (χ1) is 9.81. The van der Waals surface area contributed by atoms with Crippen LogP contribution in [-0.4, -0.2) is 16.7 Å². The maximum atomic E-state index is 5.37. The summed E-state index contributed by atoms with van der Waals surface area (Å²) in [6.45, 7) is 1.04. The van der Waals surface area contributed by atoms with Gasteiger partial charge < -0.3 is 9.84 Å². The zero-order valence-electron chi connectivity index (χ0n) is 11.0. The largest absolute Gasteiger partial charge is 0.338 e. The standard InChI is InChI=1S/C14H16BrN3OS/c15-10-4-6-11(7-5-10)20-9-13-17-14(19-18-13)12-3-1-2-8-16-12/h4-7,12,16H,1-3,8-9H2. The molecule has 0 bridgehead atoms. The van der Waals surface area contributed by atoms with Crippen molar-refractivity contribution in [1.82, 2.24) is 15.5 Å². The van der Waals surface area contributed by atoms with Gasteiger partial charge in [-0.3, -0.25) is 0 Å². The summed E-state index contributed by atoms with van der Waals surface area (Å²) in [5.74, 6) is 2.23. The van der Waals surface area contributed by atoms with E-state index in [0.717, 1.165) is 34.9 Å². The van der Waals surface area contributed by atoms with E-state index in [1.807, 2.05) is 12.1 Å². The number of aromatic nitrogens is 2. The second kappa shape index (κ2) is 6.74. The maximum absolute atomic E-state index is 5.37. The Morgan fingerprint density at radius 2 is 2.15 bits per heavy atom. The van der Waals surface area contributed by atoms with Gasteiger partial charge in [0, 0.05) is 9.37 Å². The molecule has 1 aromatic heterocycles. The molecule has 0 amide bonds. The van der Waals surface area contributed by atoms with Gasteiger partial charge in [-0.25, -0.2) is 0 Å². The molecule has 2 heterocycles. The number of hydrogen-bond donors (Lipinski definition) is 1. The van der Waals surface area contributed by atoms with E-state index in [0.29, 0.717) is 0 Å². The predicted octanol–water partition coefficient (Wildman–Crippen LogP) is 3.94. The van der Waals surface area contributed by atoms with Gasteiger partial charge in [0.2, 0.25) is 5.89 Å². The Hall–Kier alpha value is -0.850. The molecule has 3 rings (SSSR count). The van der Waals surface area contributed by atoms with E-state index >= 15 is 0 Å². The Morgan fingerprint density at radius 1 is 1.30 bits per heavy atom. The quantitative estimate of drug-likeness (QED) is 0.843. The second-order valence-corrected chi connectivity index (χ2v) is 6.76. The van der Waals surface area contributed by atoms with E-state index in [4.69, 9.17) is 4.52 Å². The lowest BCUT2D eigenvalue weighted by atomic mass is 10.1. The van der Waals surface area contributed by atoms with Crippen LogP contribution in [0.5, 0.6) is 0 Å². The van der Waals surface area contributed by atoms with Gasteiger partial charge in [0.1, 0.15) is 0 Å². The third-order valence-corrected chi connectivity index (χ3v) is 4.81. The molecule has 0 spiro atoms. The summed E-state index contributed by atoms with van der Waals surface area (Å²) in [5, 5.41) is 7.49. The van der Waals surface area contributed by atoms with Crippen molar-refractivity contribution < 1.29 is 4.52 Å². The molecule has 1 unspecified atom stereocenters. The molecule has 1 aliphatic rings. The van der Waals surface area contributed by atoms with Crippen LogP contribution in [-0.2, 0) is 5.75 Å². The van der Waals surface area contributed by atoms with Gasteiger partial charge in [-0.2, -0.15) is 4.98 Å². The van der Waals surface area contributed by atoms with Gasteiger partial charge in [0.15, 0.2) is 5.82 Å². The summed E-state index contributed by atoms with van der Waals surface area (Å²) in [6.07, 6.45) is 3.54. The molecule has 0 radical (unpaired) electrons. The minimum Gasteiger partial charge on any atom is -0.338 e. The van der Waals surface area contributed by atoms with Gasteiger partial charge in [-0.15, -0.1) is 11.8 Å². The van der Waals surface area contributed by atoms with E-state index in [9.17, 15) is 0 Å². The zero-order chi connectivity index (χ0) is 13.8. The van der Waals surface area contributed by atoms with Crippen LogP contribution in [0.4, 0.5) is 0 Å². The van der Waals surface area contributed by atoms with E-state index in [-0.39, 0.29) is 6.04 Å². The molecule has 1 atom stereocenters. The molecule has 1 aromatic carbocycles. The normalized spacial score (nSPS) is 19.1. The first-order valence-electron chi connectivity index (χ1n) is 6.75. The molecule has 6 heteroatoms. The van der Waals surface area contributed by atoms with Crippen molar-refractivity contribution in [2.75, 3.05) is 6.54 Å². The monoisotopic (exact) mass is 353 g/mol. The molecule has 1 N–H and O–H groups in total. The van der Waals surface area contributed by atoms with Crippen molar-refractivity contribution in [3.8, 4) is 0 Å². The van der Waals surface area contributed by atoms with Crippen LogP contribution in [0, 0.1) is 0 Å². The first kappa shape index (κ1) is 14.1. The number of nitrogens with zero attached hydrogens (tertiary/aromatic N) is 2. The maximum Gasteiger partial charge on any atom is 0.243 e. The van der Waals surface area contributed by atoms with Gasteiger partial charge in [-0.05, 0) is 43.7 Å². The van der Waals surface area contributed by atoms with Crippen LogP contribution >= 0.6 is 27.7 Å². The average Bonchev–Trinajstić information content (AvgIpc) is 2.97.